The van der Waals surface area contributed by atoms with Crippen molar-refractivity contribution in [1.29, 1.82) is 0 Å². The van der Waals surface area contributed by atoms with Crippen molar-refractivity contribution < 1.29 is 29.9 Å². The zero-order chi connectivity index (χ0) is 15.1. The highest BCUT2D eigenvalue weighted by Gasteiger charge is 2.44. The summed E-state index contributed by atoms with van der Waals surface area (Å²) in [5.74, 6) is 0.386. The van der Waals surface area contributed by atoms with Crippen LogP contribution in [0, 0.1) is 5.92 Å². The summed E-state index contributed by atoms with van der Waals surface area (Å²) in [6.45, 7) is 4.22. The molecule has 0 aromatic carbocycles. The Morgan fingerprint density at radius 1 is 1.00 bits per heavy atom. The molecule has 0 aliphatic carbocycles. The fourth-order valence-corrected chi connectivity index (χ4v) is 2.56. The molecule has 0 amide bonds. The van der Waals surface area contributed by atoms with Gasteiger partial charge in [-0.2, -0.15) is 0 Å². The van der Waals surface area contributed by atoms with Crippen molar-refractivity contribution in [2.75, 3.05) is 13.2 Å². The van der Waals surface area contributed by atoms with E-state index in [9.17, 15) is 15.3 Å². The topological polar surface area (TPSA) is 99.4 Å². The summed E-state index contributed by atoms with van der Waals surface area (Å²) in [5, 5.41) is 38.3. The fourth-order valence-electron chi connectivity index (χ4n) is 2.56. The van der Waals surface area contributed by atoms with Gasteiger partial charge >= 0.3 is 0 Å². The standard InChI is InChI=1S/C14H28O6/c1-3-5-9(6-4-2)8-19-14-13(18)12(17)11(16)10(7-15)20-14/h9-18H,3-8H2,1-2H3/t10-,11-,12+,13-,14-/m1/s1. The summed E-state index contributed by atoms with van der Waals surface area (Å²) in [4.78, 5) is 0. The van der Waals surface area contributed by atoms with Crippen LogP contribution in [0.4, 0.5) is 0 Å². The number of rotatable bonds is 8. The van der Waals surface area contributed by atoms with Crippen LogP contribution in [0.5, 0.6) is 0 Å². The average molecular weight is 292 g/mol. The molecule has 6 heteroatoms. The summed E-state index contributed by atoms with van der Waals surface area (Å²) < 4.78 is 10.9. The molecule has 1 aliphatic rings. The van der Waals surface area contributed by atoms with Crippen LogP contribution < -0.4 is 0 Å². The second kappa shape index (κ2) is 8.92. The lowest BCUT2D eigenvalue weighted by Crippen LogP contribution is -2.59. The van der Waals surface area contributed by atoms with Crippen molar-refractivity contribution in [1.82, 2.24) is 0 Å². The van der Waals surface area contributed by atoms with E-state index < -0.39 is 37.3 Å². The summed E-state index contributed by atoms with van der Waals surface area (Å²) in [5.41, 5.74) is 0. The quantitative estimate of drug-likeness (QED) is 0.503. The first kappa shape index (κ1) is 17.8. The average Bonchev–Trinajstić information content (AvgIpc) is 2.44. The highest BCUT2D eigenvalue weighted by molar-refractivity contribution is 4.88. The number of hydrogen-bond acceptors (Lipinski definition) is 6. The fraction of sp³-hybridized carbons (Fsp3) is 1.00. The second-order valence-corrected chi connectivity index (χ2v) is 5.47. The van der Waals surface area contributed by atoms with Crippen LogP contribution in [0.2, 0.25) is 0 Å². The van der Waals surface area contributed by atoms with Crippen molar-refractivity contribution in [3.63, 3.8) is 0 Å². The molecule has 20 heavy (non-hydrogen) atoms. The van der Waals surface area contributed by atoms with Gasteiger partial charge in [0.2, 0.25) is 0 Å². The maximum Gasteiger partial charge on any atom is 0.186 e. The molecule has 1 saturated heterocycles. The number of ether oxygens (including phenoxy) is 2. The molecule has 0 spiro atoms. The molecule has 1 heterocycles. The predicted octanol–water partition coefficient (Wildman–Crippen LogP) is 0.0193. The zero-order valence-electron chi connectivity index (χ0n) is 12.3. The van der Waals surface area contributed by atoms with Crippen LogP contribution >= 0.6 is 0 Å². The maximum atomic E-state index is 9.85. The van der Waals surface area contributed by atoms with Crippen LogP contribution in [0.3, 0.4) is 0 Å². The second-order valence-electron chi connectivity index (χ2n) is 5.47. The molecule has 6 nitrogen and oxygen atoms in total. The van der Waals surface area contributed by atoms with Gasteiger partial charge in [0.15, 0.2) is 6.29 Å². The van der Waals surface area contributed by atoms with E-state index in [-0.39, 0.29) is 0 Å². The summed E-state index contributed by atoms with van der Waals surface area (Å²) in [7, 11) is 0. The van der Waals surface area contributed by atoms with Gasteiger partial charge in [0.25, 0.3) is 0 Å². The third kappa shape index (κ3) is 4.65. The molecule has 0 saturated carbocycles. The molecular weight excluding hydrogens is 264 g/mol. The SMILES string of the molecule is CCCC(CCC)CO[C@@H]1O[C@H](CO)[C@@H](O)[C@H](O)[C@H]1O. The van der Waals surface area contributed by atoms with Crippen molar-refractivity contribution in [3.8, 4) is 0 Å². The van der Waals surface area contributed by atoms with Crippen LogP contribution in [0.25, 0.3) is 0 Å². The Kier molecular flexibility index (Phi) is 7.94. The lowest BCUT2D eigenvalue weighted by molar-refractivity contribution is -0.303. The Balaban J connectivity index is 2.52. The molecule has 5 atom stereocenters. The Labute approximate surface area is 120 Å². The van der Waals surface area contributed by atoms with Gasteiger partial charge in [-0.3, -0.25) is 0 Å². The van der Waals surface area contributed by atoms with Gasteiger partial charge < -0.3 is 29.9 Å². The summed E-state index contributed by atoms with van der Waals surface area (Å²) in [6, 6.07) is 0. The predicted molar refractivity (Wildman–Crippen MR) is 73.0 cm³/mol. The van der Waals surface area contributed by atoms with Gasteiger partial charge in [-0.15, -0.1) is 0 Å². The van der Waals surface area contributed by atoms with Gasteiger partial charge in [-0.25, -0.2) is 0 Å². The zero-order valence-corrected chi connectivity index (χ0v) is 12.3. The first-order valence-electron chi connectivity index (χ1n) is 7.47. The Bertz CT molecular complexity index is 254. The Morgan fingerprint density at radius 2 is 1.60 bits per heavy atom. The monoisotopic (exact) mass is 292 g/mol. The van der Waals surface area contributed by atoms with Gasteiger partial charge in [-0.05, 0) is 18.8 Å². The molecule has 1 aliphatic heterocycles. The van der Waals surface area contributed by atoms with Crippen molar-refractivity contribution in [3.05, 3.63) is 0 Å². The number of hydrogen-bond donors (Lipinski definition) is 4. The first-order valence-corrected chi connectivity index (χ1v) is 7.47. The van der Waals surface area contributed by atoms with E-state index in [1.165, 1.54) is 0 Å². The highest BCUT2D eigenvalue weighted by Crippen LogP contribution is 2.23. The highest BCUT2D eigenvalue weighted by atomic mass is 16.7. The molecule has 120 valence electrons. The molecule has 1 rings (SSSR count). The smallest absolute Gasteiger partial charge is 0.186 e. The molecule has 0 radical (unpaired) electrons. The third-order valence-electron chi connectivity index (χ3n) is 3.74. The van der Waals surface area contributed by atoms with E-state index >= 15 is 0 Å². The summed E-state index contributed by atoms with van der Waals surface area (Å²) >= 11 is 0. The normalized spacial score (nSPS) is 34.6. The number of aliphatic hydroxyl groups is 4. The van der Waals surface area contributed by atoms with E-state index in [1.807, 2.05) is 0 Å². The molecule has 1 fully saturated rings. The van der Waals surface area contributed by atoms with E-state index in [0.717, 1.165) is 25.7 Å². The summed E-state index contributed by atoms with van der Waals surface area (Å²) in [6.07, 6.45) is -1.76. The lowest BCUT2D eigenvalue weighted by Gasteiger charge is -2.40. The van der Waals surface area contributed by atoms with Crippen molar-refractivity contribution in [2.45, 2.75) is 70.2 Å². The van der Waals surface area contributed by atoms with Crippen molar-refractivity contribution in [2.24, 2.45) is 5.92 Å². The van der Waals surface area contributed by atoms with Crippen LogP contribution in [-0.2, 0) is 9.47 Å². The van der Waals surface area contributed by atoms with Gasteiger partial charge in [0.1, 0.15) is 24.4 Å². The third-order valence-corrected chi connectivity index (χ3v) is 3.74. The van der Waals surface area contributed by atoms with Gasteiger partial charge in [0, 0.05) is 0 Å². The molecule has 0 unspecified atom stereocenters. The minimum absolute atomic E-state index is 0.386. The molecule has 0 aromatic heterocycles. The van der Waals surface area contributed by atoms with Crippen LogP contribution in [0.1, 0.15) is 39.5 Å². The maximum absolute atomic E-state index is 9.85. The first-order chi connectivity index (χ1) is 9.54. The molecule has 4 N–H and O–H groups in total. The van der Waals surface area contributed by atoms with E-state index in [4.69, 9.17) is 14.6 Å². The van der Waals surface area contributed by atoms with Crippen LogP contribution in [-0.4, -0.2) is 64.3 Å². The Hall–Kier alpha value is -0.240. The van der Waals surface area contributed by atoms with E-state index in [1.54, 1.807) is 0 Å². The van der Waals surface area contributed by atoms with Crippen LogP contribution in [0.15, 0.2) is 0 Å². The van der Waals surface area contributed by atoms with Crippen molar-refractivity contribution >= 4 is 0 Å². The lowest BCUT2D eigenvalue weighted by atomic mass is 9.98. The molecule has 0 aromatic rings. The van der Waals surface area contributed by atoms with Gasteiger partial charge in [-0.1, -0.05) is 26.7 Å². The molecular formula is C14H28O6. The minimum Gasteiger partial charge on any atom is -0.394 e. The Morgan fingerprint density at radius 3 is 2.10 bits per heavy atom. The number of aliphatic hydroxyl groups excluding tert-OH is 4. The van der Waals surface area contributed by atoms with E-state index in [2.05, 4.69) is 13.8 Å². The van der Waals surface area contributed by atoms with E-state index in [0.29, 0.717) is 12.5 Å². The van der Waals surface area contributed by atoms with Gasteiger partial charge in [0.05, 0.1) is 13.2 Å². The largest absolute Gasteiger partial charge is 0.394 e. The molecule has 0 bridgehead atoms. The minimum atomic E-state index is -1.37.